The Morgan fingerprint density at radius 3 is 2.39 bits per heavy atom. The lowest BCUT2D eigenvalue weighted by Crippen LogP contribution is -2.32. The van der Waals surface area contributed by atoms with Crippen LogP contribution in [0.25, 0.3) is 0 Å². The molecule has 1 N–H and O–H groups in total. The maximum atomic E-state index is 5.53. The normalized spacial score (nSPS) is 14.7. The molecule has 0 aromatic heterocycles. The summed E-state index contributed by atoms with van der Waals surface area (Å²) in [4.78, 5) is 0. The zero-order valence-corrected chi connectivity index (χ0v) is 12.9. The van der Waals surface area contributed by atoms with Crippen molar-refractivity contribution >= 4 is 0 Å². The Balaban J connectivity index is 3.72. The molecule has 0 fully saturated rings. The molecule has 0 aromatic rings. The zero-order chi connectivity index (χ0) is 13.7. The number of rotatable bonds is 13. The Labute approximate surface area is 114 Å². The minimum atomic E-state index is 0.425. The molecule has 18 heavy (non-hydrogen) atoms. The van der Waals surface area contributed by atoms with Gasteiger partial charge in [0.1, 0.15) is 0 Å². The highest BCUT2D eigenvalue weighted by Gasteiger charge is 2.22. The number of hydrogen-bond acceptors (Lipinski definition) is 3. The predicted octanol–water partition coefficient (Wildman–Crippen LogP) is 3.24. The molecule has 0 aromatic carbocycles. The van der Waals surface area contributed by atoms with E-state index in [1.807, 2.05) is 0 Å². The highest BCUT2D eigenvalue weighted by molar-refractivity contribution is 4.76. The Hall–Kier alpha value is -0.120. The minimum Gasteiger partial charge on any atom is -0.382 e. The average Bonchev–Trinajstić information content (AvgIpc) is 2.34. The third kappa shape index (κ3) is 9.86. The molecule has 3 heteroatoms. The number of methoxy groups -OCH3 is 1. The predicted molar refractivity (Wildman–Crippen MR) is 78.1 cm³/mol. The smallest absolute Gasteiger partial charge is 0.0700 e. The van der Waals surface area contributed by atoms with Crippen molar-refractivity contribution in [3.8, 4) is 0 Å². The fraction of sp³-hybridized carbons (Fsp3) is 1.00. The molecule has 0 saturated carbocycles. The second-order valence-electron chi connectivity index (χ2n) is 5.45. The topological polar surface area (TPSA) is 30.5 Å². The van der Waals surface area contributed by atoms with Crippen LogP contribution in [0.5, 0.6) is 0 Å². The van der Waals surface area contributed by atoms with E-state index in [1.54, 1.807) is 7.11 Å². The molecular weight excluding hydrogens is 226 g/mol. The third-order valence-corrected chi connectivity index (χ3v) is 3.33. The van der Waals surface area contributed by atoms with Gasteiger partial charge in [0.25, 0.3) is 0 Å². The minimum absolute atomic E-state index is 0.425. The molecule has 1 unspecified atom stereocenters. The molecule has 1 atom stereocenters. The summed E-state index contributed by atoms with van der Waals surface area (Å²) < 4.78 is 10.5. The van der Waals surface area contributed by atoms with Crippen LogP contribution >= 0.6 is 0 Å². The van der Waals surface area contributed by atoms with Crippen molar-refractivity contribution < 1.29 is 9.47 Å². The highest BCUT2D eigenvalue weighted by Crippen LogP contribution is 2.28. The van der Waals surface area contributed by atoms with Gasteiger partial charge in [0.05, 0.1) is 13.2 Å². The summed E-state index contributed by atoms with van der Waals surface area (Å²) in [6.07, 6.45) is 6.15. The summed E-state index contributed by atoms with van der Waals surface area (Å²) in [5.41, 5.74) is 0.425. The summed E-state index contributed by atoms with van der Waals surface area (Å²) in [5.74, 6) is 0. The van der Waals surface area contributed by atoms with Crippen LogP contribution in [0, 0.1) is 5.41 Å². The van der Waals surface area contributed by atoms with Gasteiger partial charge in [0.2, 0.25) is 0 Å². The van der Waals surface area contributed by atoms with E-state index in [2.05, 4.69) is 26.1 Å². The van der Waals surface area contributed by atoms with Crippen molar-refractivity contribution in [1.29, 1.82) is 0 Å². The quantitative estimate of drug-likeness (QED) is 0.515. The lowest BCUT2D eigenvalue weighted by molar-refractivity contribution is 0.0635. The fourth-order valence-electron chi connectivity index (χ4n) is 2.32. The Morgan fingerprint density at radius 2 is 1.78 bits per heavy atom. The third-order valence-electron chi connectivity index (χ3n) is 3.33. The number of ether oxygens (including phenoxy) is 2. The van der Waals surface area contributed by atoms with Gasteiger partial charge in [-0.2, -0.15) is 0 Å². The molecule has 0 rings (SSSR count). The molecule has 0 aliphatic rings. The monoisotopic (exact) mass is 259 g/mol. The van der Waals surface area contributed by atoms with E-state index in [9.17, 15) is 0 Å². The fourth-order valence-corrected chi connectivity index (χ4v) is 2.32. The highest BCUT2D eigenvalue weighted by atomic mass is 16.5. The van der Waals surface area contributed by atoms with Gasteiger partial charge in [-0.3, -0.25) is 0 Å². The summed E-state index contributed by atoms with van der Waals surface area (Å²) in [6, 6.07) is 0. The van der Waals surface area contributed by atoms with Crippen LogP contribution in [-0.2, 0) is 9.47 Å². The Morgan fingerprint density at radius 1 is 1.00 bits per heavy atom. The maximum absolute atomic E-state index is 5.53. The van der Waals surface area contributed by atoms with Crippen molar-refractivity contribution in [2.75, 3.05) is 40.0 Å². The summed E-state index contributed by atoms with van der Waals surface area (Å²) in [7, 11) is 1.71. The second-order valence-corrected chi connectivity index (χ2v) is 5.45. The van der Waals surface area contributed by atoms with Crippen molar-refractivity contribution in [2.45, 2.75) is 52.9 Å². The van der Waals surface area contributed by atoms with Crippen LogP contribution in [-0.4, -0.2) is 40.0 Å². The van der Waals surface area contributed by atoms with Crippen molar-refractivity contribution in [3.05, 3.63) is 0 Å². The molecule has 3 nitrogen and oxygen atoms in total. The standard InChI is InChI=1S/C15H33NO2/c1-5-8-15(3,14-16-10-6-2)9-7-11-18-13-12-17-4/h16H,5-14H2,1-4H3. The lowest BCUT2D eigenvalue weighted by atomic mass is 9.81. The van der Waals surface area contributed by atoms with E-state index in [-0.39, 0.29) is 0 Å². The first-order valence-electron chi connectivity index (χ1n) is 7.46. The Kier molecular flexibility index (Phi) is 11.9. The van der Waals surface area contributed by atoms with E-state index in [1.165, 1.54) is 25.7 Å². The van der Waals surface area contributed by atoms with Gasteiger partial charge in [-0.25, -0.2) is 0 Å². The zero-order valence-electron chi connectivity index (χ0n) is 12.9. The van der Waals surface area contributed by atoms with E-state index in [0.717, 1.165) is 32.7 Å². The molecule has 0 aliphatic carbocycles. The summed E-state index contributed by atoms with van der Waals surface area (Å²) in [6.45, 7) is 11.4. The lowest BCUT2D eigenvalue weighted by Gasteiger charge is -2.30. The van der Waals surface area contributed by atoms with E-state index in [4.69, 9.17) is 9.47 Å². The van der Waals surface area contributed by atoms with Crippen LogP contribution in [0.1, 0.15) is 52.9 Å². The summed E-state index contributed by atoms with van der Waals surface area (Å²) in [5, 5.41) is 3.56. The first-order valence-corrected chi connectivity index (χ1v) is 7.46. The van der Waals surface area contributed by atoms with Crippen LogP contribution in [0.2, 0.25) is 0 Å². The first-order chi connectivity index (χ1) is 8.68. The van der Waals surface area contributed by atoms with Gasteiger partial charge < -0.3 is 14.8 Å². The molecule has 0 radical (unpaired) electrons. The molecule has 0 bridgehead atoms. The van der Waals surface area contributed by atoms with Crippen molar-refractivity contribution in [3.63, 3.8) is 0 Å². The summed E-state index contributed by atoms with van der Waals surface area (Å²) >= 11 is 0. The van der Waals surface area contributed by atoms with E-state index >= 15 is 0 Å². The number of hydrogen-bond donors (Lipinski definition) is 1. The van der Waals surface area contributed by atoms with Crippen LogP contribution in [0.3, 0.4) is 0 Å². The molecule has 0 amide bonds. The maximum Gasteiger partial charge on any atom is 0.0700 e. The molecule has 110 valence electrons. The van der Waals surface area contributed by atoms with Crippen molar-refractivity contribution in [1.82, 2.24) is 5.32 Å². The van der Waals surface area contributed by atoms with Gasteiger partial charge in [-0.1, -0.05) is 27.2 Å². The van der Waals surface area contributed by atoms with Gasteiger partial charge in [0.15, 0.2) is 0 Å². The Bertz CT molecular complexity index is 176. The second kappa shape index (κ2) is 11.9. The van der Waals surface area contributed by atoms with E-state index < -0.39 is 0 Å². The van der Waals surface area contributed by atoms with Crippen LogP contribution in [0.4, 0.5) is 0 Å². The molecule has 0 aliphatic heterocycles. The van der Waals surface area contributed by atoms with Gasteiger partial charge in [-0.05, 0) is 37.6 Å². The largest absolute Gasteiger partial charge is 0.382 e. The van der Waals surface area contributed by atoms with Gasteiger partial charge in [-0.15, -0.1) is 0 Å². The number of nitrogens with one attached hydrogen (secondary N) is 1. The van der Waals surface area contributed by atoms with Crippen LogP contribution in [0.15, 0.2) is 0 Å². The van der Waals surface area contributed by atoms with Crippen molar-refractivity contribution in [2.24, 2.45) is 5.41 Å². The van der Waals surface area contributed by atoms with Gasteiger partial charge in [0, 0.05) is 20.3 Å². The van der Waals surface area contributed by atoms with E-state index in [0.29, 0.717) is 12.0 Å². The molecule has 0 saturated heterocycles. The molecule has 0 spiro atoms. The molecular formula is C15H33NO2. The van der Waals surface area contributed by atoms with Gasteiger partial charge >= 0.3 is 0 Å². The average molecular weight is 259 g/mol. The molecule has 0 heterocycles. The SMILES string of the molecule is CCCNCC(C)(CCC)CCCOCCOC. The van der Waals surface area contributed by atoms with Crippen LogP contribution < -0.4 is 5.32 Å². The first kappa shape index (κ1) is 17.9.